The first-order valence-corrected chi connectivity index (χ1v) is 3.64. The average molecular weight is 145 g/mol. The molecule has 0 aliphatic heterocycles. The van der Waals surface area contributed by atoms with Crippen molar-refractivity contribution in [3.05, 3.63) is 29.8 Å². The van der Waals surface area contributed by atoms with Gasteiger partial charge in [0.15, 0.2) is 5.78 Å². The lowest BCUT2D eigenvalue weighted by molar-refractivity contribution is 0.101. The number of hydrogen-bond acceptors (Lipinski definition) is 1. The minimum Gasteiger partial charge on any atom is -0.295 e. The van der Waals surface area contributed by atoms with Crippen LogP contribution in [0.1, 0.15) is 17.3 Å². The van der Waals surface area contributed by atoms with Gasteiger partial charge in [-0.25, -0.2) is 0 Å². The molecular weight excluding hydrogens is 135 g/mol. The molecule has 0 atom stereocenters. The number of rotatable bonds is 2. The van der Waals surface area contributed by atoms with Crippen molar-refractivity contribution in [2.75, 3.05) is 0 Å². The summed E-state index contributed by atoms with van der Waals surface area (Å²) in [7, 11) is 1.98. The highest BCUT2D eigenvalue weighted by molar-refractivity contribution is 6.52. The lowest BCUT2D eigenvalue weighted by Crippen LogP contribution is -2.11. The largest absolute Gasteiger partial charge is 0.295 e. The van der Waals surface area contributed by atoms with E-state index in [0.717, 1.165) is 11.0 Å². The van der Waals surface area contributed by atoms with Crippen molar-refractivity contribution in [3.63, 3.8) is 0 Å². The maximum Gasteiger partial charge on any atom is 0.159 e. The lowest BCUT2D eigenvalue weighted by atomic mass is 9.73. The molecule has 1 nitrogen and oxygen atoms in total. The van der Waals surface area contributed by atoms with E-state index in [-0.39, 0.29) is 5.78 Å². The minimum absolute atomic E-state index is 0.119. The molecule has 0 bridgehead atoms. The molecular formula is C9H10BO. The van der Waals surface area contributed by atoms with Crippen LogP contribution in [0.2, 0.25) is 6.82 Å². The molecule has 55 valence electrons. The number of hydrogen-bond donors (Lipinski definition) is 0. The number of benzene rings is 1. The Morgan fingerprint density at radius 1 is 1.45 bits per heavy atom. The Kier molecular flexibility index (Phi) is 2.47. The Hall–Kier alpha value is -1.05. The van der Waals surface area contributed by atoms with E-state index in [4.69, 9.17) is 0 Å². The van der Waals surface area contributed by atoms with Crippen LogP contribution in [0.4, 0.5) is 0 Å². The first kappa shape index (κ1) is 8.06. The Morgan fingerprint density at radius 2 is 2.18 bits per heavy atom. The first-order chi connectivity index (χ1) is 5.24. The van der Waals surface area contributed by atoms with Crippen LogP contribution in [-0.4, -0.2) is 13.1 Å². The Labute approximate surface area is 67.7 Å². The van der Waals surface area contributed by atoms with E-state index < -0.39 is 0 Å². The molecule has 0 saturated heterocycles. The monoisotopic (exact) mass is 145 g/mol. The molecule has 0 saturated carbocycles. The van der Waals surface area contributed by atoms with E-state index in [0.29, 0.717) is 0 Å². The molecule has 1 rings (SSSR count). The summed E-state index contributed by atoms with van der Waals surface area (Å²) in [4.78, 5) is 10.9. The summed E-state index contributed by atoms with van der Waals surface area (Å²) in [6, 6.07) is 7.59. The van der Waals surface area contributed by atoms with Gasteiger partial charge in [-0.1, -0.05) is 36.6 Å². The van der Waals surface area contributed by atoms with E-state index in [1.54, 1.807) is 6.92 Å². The predicted octanol–water partition coefficient (Wildman–Crippen LogP) is 1.27. The SMILES string of the molecule is C[B]c1cccc(C(C)=O)c1. The molecule has 0 unspecified atom stereocenters. The Balaban J connectivity index is 3.01. The topological polar surface area (TPSA) is 17.1 Å². The van der Waals surface area contributed by atoms with Gasteiger partial charge in [0.25, 0.3) is 0 Å². The molecule has 1 aromatic rings. The Bertz CT molecular complexity index is 268. The zero-order valence-electron chi connectivity index (χ0n) is 6.79. The third-order valence-electron chi connectivity index (χ3n) is 1.63. The van der Waals surface area contributed by atoms with Crippen molar-refractivity contribution >= 4 is 18.5 Å². The van der Waals surface area contributed by atoms with Gasteiger partial charge in [0, 0.05) is 5.56 Å². The second-order valence-corrected chi connectivity index (χ2v) is 2.47. The molecule has 0 aliphatic carbocycles. The van der Waals surface area contributed by atoms with Crippen LogP contribution in [0.5, 0.6) is 0 Å². The summed E-state index contributed by atoms with van der Waals surface area (Å²) in [5.74, 6) is 0.119. The van der Waals surface area contributed by atoms with Gasteiger partial charge in [0.1, 0.15) is 7.28 Å². The number of ketones is 1. The van der Waals surface area contributed by atoms with Crippen molar-refractivity contribution in [3.8, 4) is 0 Å². The molecule has 1 radical (unpaired) electrons. The van der Waals surface area contributed by atoms with E-state index in [1.807, 2.05) is 38.4 Å². The van der Waals surface area contributed by atoms with Crippen molar-refractivity contribution in [1.29, 1.82) is 0 Å². The van der Waals surface area contributed by atoms with Crippen LogP contribution >= 0.6 is 0 Å². The maximum atomic E-state index is 10.9. The molecule has 2 heteroatoms. The molecule has 0 aliphatic rings. The second kappa shape index (κ2) is 3.38. The van der Waals surface area contributed by atoms with E-state index in [9.17, 15) is 4.79 Å². The van der Waals surface area contributed by atoms with Gasteiger partial charge in [-0.2, -0.15) is 0 Å². The molecule has 11 heavy (non-hydrogen) atoms. The summed E-state index contributed by atoms with van der Waals surface area (Å²) in [5, 5.41) is 0. The summed E-state index contributed by atoms with van der Waals surface area (Å²) in [6.07, 6.45) is 0. The van der Waals surface area contributed by atoms with Crippen LogP contribution in [0.25, 0.3) is 0 Å². The van der Waals surface area contributed by atoms with Gasteiger partial charge >= 0.3 is 0 Å². The first-order valence-electron chi connectivity index (χ1n) is 3.64. The summed E-state index contributed by atoms with van der Waals surface area (Å²) < 4.78 is 0. The van der Waals surface area contributed by atoms with Gasteiger partial charge in [-0.15, -0.1) is 0 Å². The fourth-order valence-electron chi connectivity index (χ4n) is 0.937. The van der Waals surface area contributed by atoms with Gasteiger partial charge in [-0.3, -0.25) is 4.79 Å². The van der Waals surface area contributed by atoms with Gasteiger partial charge in [-0.05, 0) is 6.92 Å². The highest BCUT2D eigenvalue weighted by atomic mass is 16.1. The molecule has 0 amide bonds. The number of Topliss-reactive ketones (excluding diaryl/α,β-unsaturated/α-hetero) is 1. The van der Waals surface area contributed by atoms with Crippen molar-refractivity contribution in [2.45, 2.75) is 13.7 Å². The zero-order chi connectivity index (χ0) is 8.27. The second-order valence-electron chi connectivity index (χ2n) is 2.47. The molecule has 0 spiro atoms. The third kappa shape index (κ3) is 1.94. The van der Waals surface area contributed by atoms with Crippen LogP contribution in [-0.2, 0) is 0 Å². The summed E-state index contributed by atoms with van der Waals surface area (Å²) in [6.45, 7) is 3.54. The fourth-order valence-corrected chi connectivity index (χ4v) is 0.937. The standard InChI is InChI=1S/C9H10BO/c1-7(11)8-4-3-5-9(6-8)10-2/h3-6H,1-2H3. The summed E-state index contributed by atoms with van der Waals surface area (Å²) in [5.41, 5.74) is 1.87. The van der Waals surface area contributed by atoms with Gasteiger partial charge < -0.3 is 0 Å². The van der Waals surface area contributed by atoms with Crippen LogP contribution in [0.15, 0.2) is 24.3 Å². The molecule has 0 N–H and O–H groups in total. The van der Waals surface area contributed by atoms with Crippen LogP contribution in [0, 0.1) is 0 Å². The van der Waals surface area contributed by atoms with Crippen molar-refractivity contribution in [2.24, 2.45) is 0 Å². The molecule has 1 aromatic carbocycles. The highest BCUT2D eigenvalue weighted by Crippen LogP contribution is 1.96. The van der Waals surface area contributed by atoms with Crippen LogP contribution in [0.3, 0.4) is 0 Å². The van der Waals surface area contributed by atoms with Crippen LogP contribution < -0.4 is 5.46 Å². The third-order valence-corrected chi connectivity index (χ3v) is 1.63. The molecule has 0 heterocycles. The molecule has 0 fully saturated rings. The van der Waals surface area contributed by atoms with E-state index >= 15 is 0 Å². The van der Waals surface area contributed by atoms with Gasteiger partial charge in [0.05, 0.1) is 0 Å². The van der Waals surface area contributed by atoms with Crippen molar-refractivity contribution < 1.29 is 4.79 Å². The minimum atomic E-state index is 0.119. The normalized spacial score (nSPS) is 9.27. The highest BCUT2D eigenvalue weighted by Gasteiger charge is 1.98. The Morgan fingerprint density at radius 3 is 2.73 bits per heavy atom. The zero-order valence-corrected chi connectivity index (χ0v) is 6.79. The predicted molar refractivity (Wildman–Crippen MR) is 47.7 cm³/mol. The quantitative estimate of drug-likeness (QED) is 0.452. The van der Waals surface area contributed by atoms with E-state index in [1.165, 1.54) is 0 Å². The van der Waals surface area contributed by atoms with Crippen molar-refractivity contribution in [1.82, 2.24) is 0 Å². The average Bonchev–Trinajstić information content (AvgIpc) is 2.05. The van der Waals surface area contributed by atoms with E-state index in [2.05, 4.69) is 0 Å². The maximum absolute atomic E-state index is 10.9. The number of carbonyl (C=O) groups excluding carboxylic acids is 1. The smallest absolute Gasteiger partial charge is 0.159 e. The lowest BCUT2D eigenvalue weighted by Gasteiger charge is -1.97. The van der Waals surface area contributed by atoms with Gasteiger partial charge in [0.2, 0.25) is 0 Å². The number of carbonyl (C=O) groups is 1. The molecule has 0 aromatic heterocycles. The summed E-state index contributed by atoms with van der Waals surface area (Å²) >= 11 is 0. The fraction of sp³-hybridized carbons (Fsp3) is 0.222.